The number of nitrogens with one attached hydrogen (secondary N) is 1. The van der Waals surface area contributed by atoms with Gasteiger partial charge in [-0.2, -0.15) is 5.26 Å². The highest BCUT2D eigenvalue weighted by Gasteiger charge is 2.14. The van der Waals surface area contributed by atoms with Gasteiger partial charge in [0.2, 0.25) is 0 Å². The number of H-pyrrole nitrogens is 1. The van der Waals surface area contributed by atoms with Crippen LogP contribution in [-0.2, 0) is 16.0 Å². The Labute approximate surface area is 166 Å². The fourth-order valence-corrected chi connectivity index (χ4v) is 3.18. The normalized spacial score (nSPS) is 10.2. The second kappa shape index (κ2) is 9.53. The molecule has 0 bridgehead atoms. The van der Waals surface area contributed by atoms with E-state index in [1.807, 2.05) is 42.5 Å². The number of nitriles is 1. The lowest BCUT2D eigenvalue weighted by molar-refractivity contribution is -0.140. The molecule has 6 nitrogen and oxygen atoms in total. The first kappa shape index (κ1) is 19.4. The van der Waals surface area contributed by atoms with E-state index in [1.54, 1.807) is 24.3 Å². The van der Waals surface area contributed by atoms with Crippen LogP contribution in [0.3, 0.4) is 0 Å². The number of hydrogen-bond acceptors (Lipinski definition) is 6. The summed E-state index contributed by atoms with van der Waals surface area (Å²) in [6.07, 6.45) is 0.640. The minimum Gasteiger partial charge on any atom is -0.465 e. The first-order valence-corrected chi connectivity index (χ1v) is 9.58. The summed E-state index contributed by atoms with van der Waals surface area (Å²) < 4.78 is 5.23. The van der Waals surface area contributed by atoms with Gasteiger partial charge in [-0.3, -0.25) is 9.59 Å². The van der Waals surface area contributed by atoms with Gasteiger partial charge in [-0.1, -0.05) is 72.4 Å². The number of benzene rings is 2. The summed E-state index contributed by atoms with van der Waals surface area (Å²) >= 11 is 1.07. The van der Waals surface area contributed by atoms with Crippen molar-refractivity contribution < 1.29 is 9.53 Å². The van der Waals surface area contributed by atoms with Crippen molar-refractivity contribution >= 4 is 17.7 Å². The maximum Gasteiger partial charge on any atom is 0.316 e. The molecule has 140 valence electrons. The number of esters is 1. The SMILES string of the molecule is N#Cc1c(-c2ccccc2)nc(SCC(=O)OCCc2ccccc2)[nH]c1=O. The molecule has 3 aromatic rings. The topological polar surface area (TPSA) is 95.8 Å². The Morgan fingerprint density at radius 2 is 1.79 bits per heavy atom. The summed E-state index contributed by atoms with van der Waals surface area (Å²) in [5, 5.41) is 9.54. The average Bonchev–Trinajstić information content (AvgIpc) is 2.73. The molecular formula is C21H17N3O3S. The highest BCUT2D eigenvalue weighted by Crippen LogP contribution is 2.21. The smallest absolute Gasteiger partial charge is 0.316 e. The number of aromatic amines is 1. The van der Waals surface area contributed by atoms with Gasteiger partial charge in [-0.25, -0.2) is 4.98 Å². The molecule has 0 saturated heterocycles. The Balaban J connectivity index is 1.63. The highest BCUT2D eigenvalue weighted by atomic mass is 32.2. The molecule has 3 rings (SSSR count). The van der Waals surface area contributed by atoms with Crippen LogP contribution in [0.4, 0.5) is 0 Å². The molecule has 0 atom stereocenters. The number of carbonyl (C=O) groups is 1. The summed E-state index contributed by atoms with van der Waals surface area (Å²) in [6, 6.07) is 20.6. The summed E-state index contributed by atoms with van der Waals surface area (Å²) in [5.74, 6) is -0.382. The van der Waals surface area contributed by atoms with Gasteiger partial charge >= 0.3 is 5.97 Å². The maximum absolute atomic E-state index is 12.2. The van der Waals surface area contributed by atoms with Gasteiger partial charge in [0.25, 0.3) is 5.56 Å². The number of nitrogens with zero attached hydrogens (tertiary/aromatic N) is 2. The van der Waals surface area contributed by atoms with E-state index < -0.39 is 11.5 Å². The van der Waals surface area contributed by atoms with Gasteiger partial charge in [0.15, 0.2) is 5.16 Å². The molecule has 0 unspecified atom stereocenters. The zero-order valence-corrected chi connectivity index (χ0v) is 15.7. The Bertz CT molecular complexity index is 1040. The van der Waals surface area contributed by atoms with Crippen molar-refractivity contribution in [2.45, 2.75) is 11.6 Å². The lowest BCUT2D eigenvalue weighted by Gasteiger charge is -2.07. The lowest BCUT2D eigenvalue weighted by atomic mass is 10.1. The summed E-state index contributed by atoms with van der Waals surface area (Å²) in [6.45, 7) is 0.288. The quantitative estimate of drug-likeness (QED) is 0.377. The van der Waals surface area contributed by atoms with Crippen LogP contribution in [0.2, 0.25) is 0 Å². The van der Waals surface area contributed by atoms with Crippen LogP contribution in [0.25, 0.3) is 11.3 Å². The third-order valence-corrected chi connectivity index (χ3v) is 4.73. The molecule has 28 heavy (non-hydrogen) atoms. The van der Waals surface area contributed by atoms with Gasteiger partial charge in [0.05, 0.1) is 18.1 Å². The van der Waals surface area contributed by atoms with Crippen molar-refractivity contribution in [2.24, 2.45) is 0 Å². The van der Waals surface area contributed by atoms with Gasteiger partial charge in [0.1, 0.15) is 11.6 Å². The standard InChI is InChI=1S/C21H17N3O3S/c22-13-17-19(16-9-5-2-6-10-16)23-21(24-20(17)26)28-14-18(25)27-12-11-15-7-3-1-4-8-15/h1-10H,11-12,14H2,(H,23,24,26). The van der Waals surface area contributed by atoms with Crippen molar-refractivity contribution in [2.75, 3.05) is 12.4 Å². The summed E-state index contributed by atoms with van der Waals surface area (Å²) in [4.78, 5) is 31.0. The van der Waals surface area contributed by atoms with E-state index in [1.165, 1.54) is 0 Å². The minimum atomic E-state index is -0.531. The molecule has 1 heterocycles. The van der Waals surface area contributed by atoms with Gasteiger partial charge < -0.3 is 9.72 Å². The summed E-state index contributed by atoms with van der Waals surface area (Å²) in [7, 11) is 0. The number of carbonyl (C=O) groups excluding carboxylic acids is 1. The van der Waals surface area contributed by atoms with E-state index in [4.69, 9.17) is 4.74 Å². The molecule has 1 N–H and O–H groups in total. The van der Waals surface area contributed by atoms with Gasteiger partial charge in [-0.05, 0) is 5.56 Å². The third-order valence-electron chi connectivity index (χ3n) is 3.88. The molecule has 0 saturated carbocycles. The van der Waals surface area contributed by atoms with Gasteiger partial charge in [0, 0.05) is 12.0 Å². The van der Waals surface area contributed by atoms with Gasteiger partial charge in [-0.15, -0.1) is 0 Å². The van der Waals surface area contributed by atoms with Crippen LogP contribution in [0, 0.1) is 11.3 Å². The first-order valence-electron chi connectivity index (χ1n) is 8.59. The molecular weight excluding hydrogens is 374 g/mol. The van der Waals surface area contributed by atoms with Crippen molar-refractivity contribution in [1.29, 1.82) is 5.26 Å². The van der Waals surface area contributed by atoms with Crippen LogP contribution in [0.1, 0.15) is 11.1 Å². The summed E-state index contributed by atoms with van der Waals surface area (Å²) in [5.41, 5.74) is 1.47. The van der Waals surface area contributed by atoms with Crippen molar-refractivity contribution in [1.82, 2.24) is 9.97 Å². The third kappa shape index (κ3) is 5.09. The number of ether oxygens (including phenoxy) is 1. The molecule has 0 amide bonds. The molecule has 0 aliphatic heterocycles. The molecule has 0 radical (unpaired) electrons. The molecule has 2 aromatic carbocycles. The largest absolute Gasteiger partial charge is 0.465 e. The second-order valence-corrected chi connectivity index (χ2v) is 6.78. The number of aromatic nitrogens is 2. The van der Waals surface area contributed by atoms with E-state index in [9.17, 15) is 14.9 Å². The van der Waals surface area contributed by atoms with Crippen molar-refractivity contribution in [3.05, 3.63) is 82.1 Å². The van der Waals surface area contributed by atoms with E-state index >= 15 is 0 Å². The van der Waals surface area contributed by atoms with Crippen molar-refractivity contribution in [3.8, 4) is 17.3 Å². The van der Waals surface area contributed by atoms with Crippen molar-refractivity contribution in [3.63, 3.8) is 0 Å². The molecule has 0 spiro atoms. The Morgan fingerprint density at radius 1 is 1.11 bits per heavy atom. The fourth-order valence-electron chi connectivity index (χ4n) is 2.53. The Hall–Kier alpha value is -3.37. The zero-order chi connectivity index (χ0) is 19.8. The molecule has 0 fully saturated rings. The average molecular weight is 391 g/mol. The second-order valence-electron chi connectivity index (χ2n) is 5.82. The Morgan fingerprint density at radius 3 is 2.46 bits per heavy atom. The van der Waals surface area contributed by atoms with Crippen LogP contribution >= 0.6 is 11.8 Å². The van der Waals surface area contributed by atoms with Crippen LogP contribution in [-0.4, -0.2) is 28.3 Å². The number of rotatable bonds is 7. The monoisotopic (exact) mass is 391 g/mol. The lowest BCUT2D eigenvalue weighted by Crippen LogP contribution is -2.16. The zero-order valence-electron chi connectivity index (χ0n) is 14.9. The number of hydrogen-bond donors (Lipinski definition) is 1. The Kier molecular flexibility index (Phi) is 6.60. The first-order chi connectivity index (χ1) is 13.7. The van der Waals surface area contributed by atoms with E-state index in [2.05, 4.69) is 9.97 Å². The molecule has 0 aliphatic rings. The predicted molar refractivity (Wildman–Crippen MR) is 107 cm³/mol. The predicted octanol–water partition coefficient (Wildman–Crippen LogP) is 3.19. The van der Waals surface area contributed by atoms with E-state index in [0.717, 1.165) is 17.3 Å². The van der Waals surface area contributed by atoms with Crippen LogP contribution < -0.4 is 5.56 Å². The minimum absolute atomic E-state index is 0.0118. The highest BCUT2D eigenvalue weighted by molar-refractivity contribution is 7.99. The van der Waals surface area contributed by atoms with E-state index in [-0.39, 0.29) is 23.1 Å². The van der Waals surface area contributed by atoms with Crippen LogP contribution in [0.15, 0.2) is 70.6 Å². The fraction of sp³-hybridized carbons (Fsp3) is 0.143. The molecule has 7 heteroatoms. The van der Waals surface area contributed by atoms with Crippen LogP contribution in [0.5, 0.6) is 0 Å². The maximum atomic E-state index is 12.2. The van der Waals surface area contributed by atoms with E-state index in [0.29, 0.717) is 17.7 Å². The molecule has 0 aliphatic carbocycles. The number of thioether (sulfide) groups is 1. The molecule has 1 aromatic heterocycles.